The van der Waals surface area contributed by atoms with Gasteiger partial charge >= 0.3 is 6.09 Å². The van der Waals surface area contributed by atoms with Crippen molar-refractivity contribution in [2.75, 3.05) is 46.8 Å². The van der Waals surface area contributed by atoms with Crippen LogP contribution in [0.25, 0.3) is 0 Å². The minimum absolute atomic E-state index is 0.292. The zero-order chi connectivity index (χ0) is 18.8. The third kappa shape index (κ3) is 3.99. The van der Waals surface area contributed by atoms with Crippen LogP contribution in [0.2, 0.25) is 0 Å². The molecule has 0 radical (unpaired) electrons. The van der Waals surface area contributed by atoms with E-state index in [-0.39, 0.29) is 6.09 Å². The van der Waals surface area contributed by atoms with Crippen molar-refractivity contribution in [3.63, 3.8) is 0 Å². The molecule has 1 aliphatic carbocycles. The van der Waals surface area contributed by atoms with Crippen molar-refractivity contribution in [2.24, 2.45) is 0 Å². The number of nitrogens with zero attached hydrogens (tertiary/aromatic N) is 3. The minimum Gasteiger partial charge on any atom is -0.410 e. The molecule has 148 valence electrons. The third-order valence-corrected chi connectivity index (χ3v) is 6.63. The summed E-state index contributed by atoms with van der Waals surface area (Å²) in [7, 11) is 3.45. The van der Waals surface area contributed by atoms with Gasteiger partial charge in [0.2, 0.25) is 0 Å². The van der Waals surface area contributed by atoms with Gasteiger partial charge in [0.25, 0.3) is 0 Å². The summed E-state index contributed by atoms with van der Waals surface area (Å²) < 4.78 is 5.64. The highest BCUT2D eigenvalue weighted by molar-refractivity contribution is 5.70. The number of carbonyl (C=O) groups excluding carboxylic acids is 1. The first-order valence-electron chi connectivity index (χ1n) is 10.6. The lowest BCUT2D eigenvalue weighted by atomic mass is 9.79. The van der Waals surface area contributed by atoms with E-state index < -0.39 is 0 Å². The van der Waals surface area contributed by atoms with E-state index in [2.05, 4.69) is 21.9 Å². The standard InChI is InChI=1S/C22H33N3O2/c1-23(2)22(26)27-21-8-6-7-17-18-11-14-25(20(18)10-9-19(17)21)16-15-24-12-4-3-5-13-24/h6-8,18,20H,3-5,9-16H2,1-2H3/t18-,20+/m0/s1. The zero-order valence-electron chi connectivity index (χ0n) is 16.8. The molecule has 2 heterocycles. The number of piperidine rings is 1. The van der Waals surface area contributed by atoms with Crippen LogP contribution in [0.5, 0.6) is 5.75 Å². The first kappa shape index (κ1) is 18.8. The van der Waals surface area contributed by atoms with Crippen molar-refractivity contribution in [3.05, 3.63) is 29.3 Å². The average molecular weight is 372 g/mol. The Morgan fingerprint density at radius 1 is 1.11 bits per heavy atom. The van der Waals surface area contributed by atoms with Crippen LogP contribution < -0.4 is 4.74 Å². The highest BCUT2D eigenvalue weighted by atomic mass is 16.6. The van der Waals surface area contributed by atoms with Gasteiger partial charge in [0.1, 0.15) is 5.75 Å². The Bertz CT molecular complexity index is 670. The summed E-state index contributed by atoms with van der Waals surface area (Å²) in [6.07, 6.45) is 7.26. The first-order valence-corrected chi connectivity index (χ1v) is 10.6. The molecule has 3 aliphatic rings. The summed E-state index contributed by atoms with van der Waals surface area (Å²) >= 11 is 0. The molecule has 27 heavy (non-hydrogen) atoms. The molecule has 1 amide bonds. The van der Waals surface area contributed by atoms with E-state index in [1.54, 1.807) is 14.1 Å². The van der Waals surface area contributed by atoms with Crippen LogP contribution in [0.3, 0.4) is 0 Å². The van der Waals surface area contributed by atoms with Gasteiger partial charge in [-0.2, -0.15) is 0 Å². The SMILES string of the molecule is CN(C)C(=O)Oc1cccc2c1CC[C@@H]1[C@H]2CCN1CCN1CCCCC1. The summed E-state index contributed by atoms with van der Waals surface area (Å²) in [4.78, 5) is 18.9. The maximum atomic E-state index is 12.0. The Hall–Kier alpha value is -1.59. The second-order valence-corrected chi connectivity index (χ2v) is 8.53. The van der Waals surface area contributed by atoms with Gasteiger partial charge < -0.3 is 14.5 Å². The van der Waals surface area contributed by atoms with E-state index in [0.717, 1.165) is 12.2 Å². The molecule has 2 aliphatic heterocycles. The molecule has 0 N–H and O–H groups in total. The fourth-order valence-corrected chi connectivity index (χ4v) is 5.17. The molecular formula is C22H33N3O2. The normalized spacial score (nSPS) is 25.7. The molecule has 0 saturated carbocycles. The predicted molar refractivity (Wildman–Crippen MR) is 107 cm³/mol. The molecule has 0 unspecified atom stereocenters. The van der Waals surface area contributed by atoms with Gasteiger partial charge in [-0.15, -0.1) is 0 Å². The van der Waals surface area contributed by atoms with Gasteiger partial charge in [-0.05, 0) is 68.9 Å². The molecule has 5 nitrogen and oxygen atoms in total. The van der Waals surface area contributed by atoms with Crippen LogP contribution in [0.4, 0.5) is 4.79 Å². The van der Waals surface area contributed by atoms with Crippen LogP contribution in [0.1, 0.15) is 49.1 Å². The smallest absolute Gasteiger partial charge is 0.410 e. The first-order chi connectivity index (χ1) is 13.1. The van der Waals surface area contributed by atoms with Crippen LogP contribution in [0.15, 0.2) is 18.2 Å². The van der Waals surface area contributed by atoms with Crippen molar-refractivity contribution in [2.45, 2.75) is 50.5 Å². The lowest BCUT2D eigenvalue weighted by Crippen LogP contribution is -2.41. The summed E-state index contributed by atoms with van der Waals surface area (Å²) in [5.41, 5.74) is 2.67. The Kier molecular flexibility index (Phi) is 5.69. The second-order valence-electron chi connectivity index (χ2n) is 8.53. The number of amides is 1. The van der Waals surface area contributed by atoms with Crippen LogP contribution in [-0.2, 0) is 6.42 Å². The van der Waals surface area contributed by atoms with Crippen LogP contribution in [-0.4, -0.2) is 73.7 Å². The average Bonchev–Trinajstić information content (AvgIpc) is 3.11. The fourth-order valence-electron chi connectivity index (χ4n) is 5.17. The quantitative estimate of drug-likeness (QED) is 0.813. The van der Waals surface area contributed by atoms with Crippen molar-refractivity contribution in [1.29, 1.82) is 0 Å². The lowest BCUT2D eigenvalue weighted by molar-refractivity contribution is 0.163. The van der Waals surface area contributed by atoms with Gasteiger partial charge in [-0.3, -0.25) is 4.90 Å². The van der Waals surface area contributed by atoms with Gasteiger partial charge in [0, 0.05) is 39.1 Å². The molecule has 0 bridgehead atoms. The number of benzene rings is 1. The summed E-state index contributed by atoms with van der Waals surface area (Å²) in [5, 5.41) is 0. The summed E-state index contributed by atoms with van der Waals surface area (Å²) in [5.74, 6) is 1.35. The maximum absolute atomic E-state index is 12.0. The molecule has 0 aromatic heterocycles. The molecule has 1 aromatic rings. The predicted octanol–water partition coefficient (Wildman–Crippen LogP) is 3.34. The number of rotatable bonds is 4. The van der Waals surface area contributed by atoms with Crippen molar-refractivity contribution in [1.82, 2.24) is 14.7 Å². The monoisotopic (exact) mass is 371 g/mol. The van der Waals surface area contributed by atoms with E-state index in [1.165, 1.54) is 80.9 Å². The molecule has 1 aromatic carbocycles. The molecule has 2 atom stereocenters. The number of hydrogen-bond donors (Lipinski definition) is 0. The van der Waals surface area contributed by atoms with Gasteiger partial charge in [0.15, 0.2) is 0 Å². The largest absolute Gasteiger partial charge is 0.414 e. The Morgan fingerprint density at radius 3 is 2.70 bits per heavy atom. The van der Waals surface area contributed by atoms with Crippen molar-refractivity contribution >= 4 is 6.09 Å². The summed E-state index contributed by atoms with van der Waals surface area (Å²) in [6, 6.07) is 6.91. The van der Waals surface area contributed by atoms with Gasteiger partial charge in [-0.1, -0.05) is 18.6 Å². The number of likely N-dealkylation sites (tertiary alicyclic amines) is 2. The zero-order valence-corrected chi connectivity index (χ0v) is 16.8. The molecule has 2 saturated heterocycles. The number of fused-ring (bicyclic) bond motifs is 3. The molecule has 5 heteroatoms. The van der Waals surface area contributed by atoms with Crippen LogP contribution in [0, 0.1) is 0 Å². The highest BCUT2D eigenvalue weighted by Crippen LogP contribution is 2.44. The highest BCUT2D eigenvalue weighted by Gasteiger charge is 2.39. The van der Waals surface area contributed by atoms with E-state index in [0.29, 0.717) is 12.0 Å². The Labute approximate surface area is 163 Å². The number of hydrogen-bond acceptors (Lipinski definition) is 4. The van der Waals surface area contributed by atoms with E-state index >= 15 is 0 Å². The van der Waals surface area contributed by atoms with Gasteiger partial charge in [0.05, 0.1) is 0 Å². The summed E-state index contributed by atoms with van der Waals surface area (Å²) in [6.45, 7) is 6.18. The minimum atomic E-state index is -0.292. The van der Waals surface area contributed by atoms with Crippen molar-refractivity contribution in [3.8, 4) is 5.75 Å². The third-order valence-electron chi connectivity index (χ3n) is 6.63. The van der Waals surface area contributed by atoms with Gasteiger partial charge in [-0.25, -0.2) is 4.79 Å². The second kappa shape index (κ2) is 8.19. The number of carbonyl (C=O) groups is 1. The fraction of sp³-hybridized carbons (Fsp3) is 0.682. The molecule has 0 spiro atoms. The van der Waals surface area contributed by atoms with Crippen molar-refractivity contribution < 1.29 is 9.53 Å². The maximum Gasteiger partial charge on any atom is 0.414 e. The molecule has 4 rings (SSSR count). The Balaban J connectivity index is 1.43. The lowest BCUT2D eigenvalue weighted by Gasteiger charge is -2.35. The van der Waals surface area contributed by atoms with E-state index in [1.807, 2.05) is 6.07 Å². The molecular weight excluding hydrogens is 338 g/mol. The van der Waals surface area contributed by atoms with Crippen LogP contribution >= 0.6 is 0 Å². The van der Waals surface area contributed by atoms with E-state index in [9.17, 15) is 4.79 Å². The number of ether oxygens (including phenoxy) is 1. The molecule has 2 fully saturated rings. The topological polar surface area (TPSA) is 36.0 Å². The Morgan fingerprint density at radius 2 is 1.93 bits per heavy atom. The van der Waals surface area contributed by atoms with E-state index in [4.69, 9.17) is 4.74 Å².